The van der Waals surface area contributed by atoms with Crippen LogP contribution in [0.1, 0.15) is 5.82 Å². The van der Waals surface area contributed by atoms with Crippen molar-refractivity contribution in [1.82, 2.24) is 20.3 Å². The van der Waals surface area contributed by atoms with Crippen molar-refractivity contribution < 1.29 is 0 Å². The Labute approximate surface area is 105 Å². The first-order valence-electron chi connectivity index (χ1n) is 4.54. The van der Waals surface area contributed by atoms with E-state index in [1.165, 1.54) is 0 Å². The van der Waals surface area contributed by atoms with E-state index < -0.39 is 0 Å². The third-order valence-corrected chi connectivity index (χ3v) is 1.56. The molecule has 0 aliphatic carbocycles. The number of nitrogens with one attached hydrogen (secondary N) is 2. The highest BCUT2D eigenvalue weighted by Gasteiger charge is 2.13. The van der Waals surface area contributed by atoms with Crippen molar-refractivity contribution in [2.24, 2.45) is 43.6 Å². The van der Waals surface area contributed by atoms with Gasteiger partial charge in [-0.15, -0.1) is 20.4 Å². The Hall–Kier alpha value is -3.13. The summed E-state index contributed by atoms with van der Waals surface area (Å²) < 4.78 is 0. The maximum absolute atomic E-state index is 6.99. The van der Waals surface area contributed by atoms with E-state index in [0.717, 1.165) is 0 Å². The van der Waals surface area contributed by atoms with Gasteiger partial charge in [-0.25, -0.2) is 16.8 Å². The second-order valence-electron chi connectivity index (χ2n) is 2.90. The molecule has 19 heavy (non-hydrogen) atoms. The van der Waals surface area contributed by atoms with E-state index in [9.17, 15) is 0 Å². The molecule has 0 atom stereocenters. The van der Waals surface area contributed by atoms with Crippen molar-refractivity contribution >= 4 is 23.7 Å². The van der Waals surface area contributed by atoms with Gasteiger partial charge in [0.15, 0.2) is 5.82 Å². The van der Waals surface area contributed by atoms with Crippen molar-refractivity contribution in [3.63, 3.8) is 0 Å². The number of hydrazone groups is 1. The molecule has 12 N–H and O–H groups in total. The summed E-state index contributed by atoms with van der Waals surface area (Å²) in [7, 11) is 0. The third-order valence-electron chi connectivity index (χ3n) is 1.56. The number of hydrazine groups is 2. The number of nitrogens with zero attached hydrogens (tertiary/aromatic N) is 7. The van der Waals surface area contributed by atoms with Gasteiger partial charge in [-0.2, -0.15) is 9.98 Å². The first-order valence-corrected chi connectivity index (χ1v) is 4.54. The standard InChI is InChI=1S/C4H4N8.CH8N6/c5-3-7-1(9-11-3)2-8-4(6)12-10-2;2-1(6-3)7(4)5/h5H,(H3,6,8,10,12);3-5H2,(H2,2,6). The number of nitrogen functional groups attached to an aromatic ring is 1. The topological polar surface area (TPSA) is 248 Å². The smallest absolute Gasteiger partial charge is 0.263 e. The average Bonchev–Trinajstić information content (AvgIpc) is 2.97. The lowest BCUT2D eigenvalue weighted by Gasteiger charge is -2.06. The molecule has 102 valence electrons. The number of rotatable bonds is 1. The Morgan fingerprint density at radius 3 is 2.32 bits per heavy atom. The molecule has 0 saturated carbocycles. The lowest BCUT2D eigenvalue weighted by molar-refractivity contribution is 0.457. The van der Waals surface area contributed by atoms with Crippen LogP contribution in [0.3, 0.4) is 0 Å². The Kier molecular flexibility index (Phi) is 4.39. The van der Waals surface area contributed by atoms with Crippen molar-refractivity contribution in [3.05, 3.63) is 5.82 Å². The number of hydrogen-bond donors (Lipinski definition) is 7. The van der Waals surface area contributed by atoms with Crippen LogP contribution in [0.25, 0.3) is 0 Å². The predicted octanol–water partition coefficient (Wildman–Crippen LogP) is -3.24. The average molecular weight is 268 g/mol. The number of nitrogens with two attached hydrogens (primary N) is 5. The summed E-state index contributed by atoms with van der Waals surface area (Å²) in [6, 6.07) is 0. The number of aromatic amines is 1. The molecular formula is C5H12N14. The normalized spacial score (nSPS) is 13.9. The Morgan fingerprint density at radius 2 is 2.00 bits per heavy atom. The van der Waals surface area contributed by atoms with Gasteiger partial charge in [0.1, 0.15) is 0 Å². The molecule has 0 bridgehead atoms. The molecule has 1 aliphatic rings. The molecule has 1 aliphatic heterocycles. The minimum absolute atomic E-state index is 0.111. The van der Waals surface area contributed by atoms with Crippen LogP contribution >= 0.6 is 0 Å². The zero-order valence-corrected chi connectivity index (χ0v) is 9.52. The van der Waals surface area contributed by atoms with Crippen LogP contribution in [0.2, 0.25) is 0 Å². The third kappa shape index (κ3) is 3.98. The second-order valence-corrected chi connectivity index (χ2v) is 2.90. The molecule has 0 saturated heterocycles. The molecule has 14 nitrogen and oxygen atoms in total. The van der Waals surface area contributed by atoms with Gasteiger partial charge in [0.2, 0.25) is 17.7 Å². The lowest BCUT2D eigenvalue weighted by atomic mass is 10.6. The van der Waals surface area contributed by atoms with Gasteiger partial charge in [-0.3, -0.25) is 10.5 Å². The largest absolute Gasteiger partial charge is 0.366 e. The predicted molar refractivity (Wildman–Crippen MR) is 65.9 cm³/mol. The van der Waals surface area contributed by atoms with E-state index in [0.29, 0.717) is 10.9 Å². The molecule has 0 radical (unpaired) electrons. The molecule has 0 unspecified atom stereocenters. The molecule has 0 amide bonds. The van der Waals surface area contributed by atoms with Gasteiger partial charge >= 0.3 is 0 Å². The fourth-order valence-corrected chi connectivity index (χ4v) is 0.782. The SMILES string of the molecule is N=C1N=NC(c2nc(N)n[nH]2)=N1.NN=C(N)N(N)N. The monoisotopic (exact) mass is 268 g/mol. The van der Waals surface area contributed by atoms with Crippen LogP contribution in [0, 0.1) is 5.41 Å². The van der Waals surface area contributed by atoms with Crippen LogP contribution in [0.15, 0.2) is 20.3 Å². The van der Waals surface area contributed by atoms with Gasteiger partial charge in [0.25, 0.3) is 5.96 Å². The van der Waals surface area contributed by atoms with Gasteiger partial charge < -0.3 is 17.3 Å². The number of guanidine groups is 2. The minimum atomic E-state index is -0.153. The summed E-state index contributed by atoms with van der Waals surface area (Å²) in [6.45, 7) is 0. The zero-order chi connectivity index (χ0) is 14.4. The lowest BCUT2D eigenvalue weighted by Crippen LogP contribution is -2.48. The molecular weight excluding hydrogens is 256 g/mol. The number of azo groups is 1. The molecule has 14 heteroatoms. The summed E-state index contributed by atoms with van der Waals surface area (Å²) in [5.74, 6) is 14.7. The first kappa shape index (κ1) is 13.9. The van der Waals surface area contributed by atoms with Gasteiger partial charge in [-0.1, -0.05) is 0 Å². The quantitative estimate of drug-likeness (QED) is 0.117. The number of H-pyrrole nitrogens is 1. The summed E-state index contributed by atoms with van der Waals surface area (Å²) >= 11 is 0. The number of hydrogen-bond acceptors (Lipinski definition) is 9. The Bertz CT molecular complexity index is 532. The van der Waals surface area contributed by atoms with Gasteiger partial charge in [-0.05, 0) is 0 Å². The van der Waals surface area contributed by atoms with E-state index in [4.69, 9.17) is 28.6 Å². The number of aromatic nitrogens is 3. The van der Waals surface area contributed by atoms with Crippen LogP contribution < -0.4 is 29.0 Å². The number of aliphatic imine (C=N–C) groups is 1. The molecule has 1 aromatic heterocycles. The van der Waals surface area contributed by atoms with Gasteiger partial charge in [0.05, 0.1) is 0 Å². The van der Waals surface area contributed by atoms with E-state index >= 15 is 0 Å². The van der Waals surface area contributed by atoms with Crippen molar-refractivity contribution in [2.45, 2.75) is 0 Å². The Morgan fingerprint density at radius 1 is 1.32 bits per heavy atom. The summed E-state index contributed by atoms with van der Waals surface area (Å²) in [4.78, 5) is 7.41. The van der Waals surface area contributed by atoms with Crippen LogP contribution in [0.5, 0.6) is 0 Å². The summed E-state index contributed by atoms with van der Waals surface area (Å²) in [5, 5.41) is 23.6. The van der Waals surface area contributed by atoms with E-state index in [2.05, 4.69) is 41.3 Å². The molecule has 2 rings (SSSR count). The van der Waals surface area contributed by atoms with Crippen molar-refractivity contribution in [2.75, 3.05) is 5.73 Å². The second kappa shape index (κ2) is 5.98. The van der Waals surface area contributed by atoms with E-state index in [-0.39, 0.29) is 23.7 Å². The highest BCUT2D eigenvalue weighted by molar-refractivity contribution is 6.06. The molecule has 0 aromatic carbocycles. The van der Waals surface area contributed by atoms with Crippen LogP contribution in [-0.4, -0.2) is 38.1 Å². The summed E-state index contributed by atoms with van der Waals surface area (Å²) in [6.07, 6.45) is 0. The number of anilines is 1. The van der Waals surface area contributed by atoms with Crippen molar-refractivity contribution in [3.8, 4) is 0 Å². The van der Waals surface area contributed by atoms with E-state index in [1.54, 1.807) is 0 Å². The van der Waals surface area contributed by atoms with Crippen LogP contribution in [-0.2, 0) is 0 Å². The molecule has 1 aromatic rings. The van der Waals surface area contributed by atoms with E-state index in [1.807, 2.05) is 0 Å². The van der Waals surface area contributed by atoms with Gasteiger partial charge in [0, 0.05) is 0 Å². The maximum Gasteiger partial charge on any atom is 0.263 e. The zero-order valence-electron chi connectivity index (χ0n) is 9.52. The van der Waals surface area contributed by atoms with Crippen LogP contribution in [0.4, 0.5) is 5.95 Å². The highest BCUT2D eigenvalue weighted by atomic mass is 15.6. The highest BCUT2D eigenvalue weighted by Crippen LogP contribution is 2.04. The maximum atomic E-state index is 6.99. The fourth-order valence-electron chi connectivity index (χ4n) is 0.782. The minimum Gasteiger partial charge on any atom is -0.366 e. The van der Waals surface area contributed by atoms with Crippen molar-refractivity contribution in [1.29, 1.82) is 5.41 Å². The summed E-state index contributed by atoms with van der Waals surface area (Å²) in [5.41, 5.74) is 10.2. The molecule has 2 heterocycles. The Balaban J connectivity index is 0.000000224. The fraction of sp³-hybridized carbons (Fsp3) is 0. The molecule has 0 fully saturated rings. The number of amidine groups is 1. The molecule has 0 spiro atoms. The first-order chi connectivity index (χ1) is 8.93.